The van der Waals surface area contributed by atoms with Crippen molar-refractivity contribution < 1.29 is 9.53 Å². The average Bonchev–Trinajstić information content (AvgIpc) is 3.45. The van der Waals surface area contributed by atoms with Gasteiger partial charge in [-0.1, -0.05) is 56.7 Å². The first kappa shape index (κ1) is 29.3. The quantitative estimate of drug-likeness (QED) is 0.260. The van der Waals surface area contributed by atoms with Crippen molar-refractivity contribution >= 4 is 17.6 Å². The summed E-state index contributed by atoms with van der Waals surface area (Å²) in [5.41, 5.74) is 10.8. The Morgan fingerprint density at radius 1 is 1.02 bits per heavy atom. The number of nitrogens with one attached hydrogen (secondary N) is 1. The third kappa shape index (κ3) is 7.06. The predicted octanol–water partition coefficient (Wildman–Crippen LogP) is 7.36. The molecule has 2 fully saturated rings. The molecule has 0 spiro atoms. The number of nitrogens with zero attached hydrogens (tertiary/aromatic N) is 4. The number of amides is 1. The van der Waals surface area contributed by atoms with Gasteiger partial charge in [0, 0.05) is 48.4 Å². The molecule has 2 heterocycles. The number of ether oxygens (including phenoxy) is 1. The van der Waals surface area contributed by atoms with Crippen LogP contribution in [0.3, 0.4) is 0 Å². The molecule has 2 aromatic carbocycles. The van der Waals surface area contributed by atoms with Gasteiger partial charge >= 0.3 is 0 Å². The number of carbonyl (C=O) groups excluding carboxylic acids is 1. The van der Waals surface area contributed by atoms with Gasteiger partial charge in [-0.2, -0.15) is 5.10 Å². The number of carbonyl (C=O) groups is 1. The summed E-state index contributed by atoms with van der Waals surface area (Å²) in [5.74, 6) is 2.91. The Balaban J connectivity index is 1.20. The van der Waals surface area contributed by atoms with Crippen molar-refractivity contribution in [2.75, 3.05) is 0 Å². The van der Waals surface area contributed by atoms with Gasteiger partial charge in [-0.15, -0.1) is 0 Å². The lowest BCUT2D eigenvalue weighted by Crippen LogP contribution is -2.50. The Kier molecular flexibility index (Phi) is 9.30. The fourth-order valence-corrected chi connectivity index (χ4v) is 7.34. The van der Waals surface area contributed by atoms with Crippen LogP contribution < -0.4 is 10.5 Å². The third-order valence-electron chi connectivity index (χ3n) is 9.76. The van der Waals surface area contributed by atoms with Crippen LogP contribution in [0.15, 0.2) is 59.7 Å². The lowest BCUT2D eigenvalue weighted by molar-refractivity contribution is -0.135. The van der Waals surface area contributed by atoms with E-state index >= 15 is 0 Å². The van der Waals surface area contributed by atoms with E-state index in [1.165, 1.54) is 51.4 Å². The van der Waals surface area contributed by atoms with Gasteiger partial charge in [-0.05, 0) is 75.3 Å². The topological polar surface area (TPSA) is 99.8 Å². The van der Waals surface area contributed by atoms with Crippen LogP contribution in [-0.2, 0) is 17.9 Å². The number of aliphatic imine (C=N–C) groups is 1. The van der Waals surface area contributed by atoms with E-state index in [1.807, 2.05) is 55.6 Å². The van der Waals surface area contributed by atoms with Crippen molar-refractivity contribution in [3.63, 3.8) is 0 Å². The Morgan fingerprint density at radius 3 is 2.49 bits per heavy atom. The van der Waals surface area contributed by atoms with Gasteiger partial charge in [0.15, 0.2) is 5.96 Å². The summed E-state index contributed by atoms with van der Waals surface area (Å²) in [4.78, 5) is 23.3. The summed E-state index contributed by atoms with van der Waals surface area (Å²) in [6.07, 6.45) is 15.1. The van der Waals surface area contributed by atoms with Crippen LogP contribution in [0.25, 0.3) is 0 Å². The van der Waals surface area contributed by atoms with Gasteiger partial charge in [0.2, 0.25) is 5.91 Å². The molecule has 0 bridgehead atoms. The number of para-hydroxylation sites is 1. The minimum atomic E-state index is 0.170. The smallest absolute Gasteiger partial charge is 0.223 e. The number of aromatic amines is 1. The van der Waals surface area contributed by atoms with Crippen molar-refractivity contribution in [1.82, 2.24) is 20.0 Å². The van der Waals surface area contributed by atoms with Crippen LogP contribution in [0.2, 0.25) is 0 Å². The van der Waals surface area contributed by atoms with Crippen molar-refractivity contribution in [3.05, 3.63) is 71.5 Å². The molecular weight excluding hydrogens is 536 g/mol. The molecule has 1 atom stereocenters. The second-order valence-electron chi connectivity index (χ2n) is 12.6. The first-order valence-corrected chi connectivity index (χ1v) is 16.3. The van der Waals surface area contributed by atoms with E-state index in [-0.39, 0.29) is 11.9 Å². The van der Waals surface area contributed by atoms with E-state index in [1.54, 1.807) is 0 Å². The maximum Gasteiger partial charge on any atom is 0.223 e. The number of rotatable bonds is 10. The first-order valence-electron chi connectivity index (χ1n) is 16.3. The number of nitrogens with two attached hydrogens (primary N) is 1. The summed E-state index contributed by atoms with van der Waals surface area (Å²) >= 11 is 0. The van der Waals surface area contributed by atoms with Crippen LogP contribution in [-0.4, -0.2) is 43.9 Å². The average molecular weight is 583 g/mol. The molecule has 3 aromatic rings. The number of fused-ring (bicyclic) bond motifs is 1. The Bertz CT molecular complexity index is 1390. The minimum absolute atomic E-state index is 0.170. The van der Waals surface area contributed by atoms with Crippen LogP contribution in [0.4, 0.5) is 5.69 Å². The van der Waals surface area contributed by atoms with E-state index in [0.717, 1.165) is 53.3 Å². The summed E-state index contributed by atoms with van der Waals surface area (Å²) in [6.45, 7) is 3.34. The molecule has 1 aliphatic heterocycles. The lowest BCUT2D eigenvalue weighted by Gasteiger charge is -2.42. The molecule has 2 saturated carbocycles. The normalized spacial score (nSPS) is 18.5. The number of H-pyrrole nitrogens is 1. The number of guanidine groups is 1. The van der Waals surface area contributed by atoms with Crippen molar-refractivity contribution in [1.29, 1.82) is 0 Å². The minimum Gasteiger partial charge on any atom is -0.457 e. The molecule has 8 nitrogen and oxygen atoms in total. The highest BCUT2D eigenvalue weighted by atomic mass is 16.5. The molecule has 43 heavy (non-hydrogen) atoms. The lowest BCUT2D eigenvalue weighted by atomic mass is 9.81. The van der Waals surface area contributed by atoms with E-state index in [9.17, 15) is 4.79 Å². The van der Waals surface area contributed by atoms with Crippen molar-refractivity contribution in [3.8, 4) is 11.5 Å². The molecule has 2 aliphatic carbocycles. The Hall–Kier alpha value is -3.81. The molecule has 3 N–H and O–H groups in total. The van der Waals surface area contributed by atoms with Crippen LogP contribution in [0, 0.1) is 12.8 Å². The monoisotopic (exact) mass is 582 g/mol. The Morgan fingerprint density at radius 2 is 1.77 bits per heavy atom. The van der Waals surface area contributed by atoms with E-state index in [0.29, 0.717) is 37.4 Å². The zero-order valence-electron chi connectivity index (χ0n) is 25.5. The number of hydrogen-bond donors (Lipinski definition) is 2. The molecule has 0 radical (unpaired) electrons. The van der Waals surface area contributed by atoms with E-state index in [2.05, 4.69) is 26.1 Å². The maximum atomic E-state index is 14.0. The van der Waals surface area contributed by atoms with Gasteiger partial charge in [0.1, 0.15) is 11.5 Å². The summed E-state index contributed by atoms with van der Waals surface area (Å²) in [5, 5.41) is 7.28. The predicted molar refractivity (Wildman–Crippen MR) is 170 cm³/mol. The zero-order valence-corrected chi connectivity index (χ0v) is 25.5. The first-order chi connectivity index (χ1) is 21.0. The van der Waals surface area contributed by atoms with Crippen LogP contribution >= 0.6 is 0 Å². The van der Waals surface area contributed by atoms with E-state index < -0.39 is 0 Å². The number of hydrogen-bond acceptors (Lipinski definition) is 6. The number of aryl methyl sites for hydroxylation is 1. The largest absolute Gasteiger partial charge is 0.457 e. The van der Waals surface area contributed by atoms with Crippen molar-refractivity contribution in [2.24, 2.45) is 16.6 Å². The molecule has 0 saturated heterocycles. The molecule has 0 unspecified atom stereocenters. The molecular formula is C35H46N6O2. The van der Waals surface area contributed by atoms with E-state index in [4.69, 9.17) is 15.5 Å². The summed E-state index contributed by atoms with van der Waals surface area (Å²) in [6, 6.07) is 16.4. The standard InChI is InChI=1S/C35H46N6O2/c1-25-28(22-37-39-25)24-40(29-13-7-3-8-14-29)34(42)20-19-33(26-11-5-2-6-12-26)41-23-27-21-31(17-18-32(27)38-35(41)36)43-30-15-9-4-10-16-30/h4,9-10,15-18,21-22,26,29,33H,2-3,5-8,11-14,19-20,23-24H2,1H3,(H2,36,38)(H,37,39)/t33-/m0/s1. The SMILES string of the molecule is Cc1[nH]ncc1CN(C(=O)CC[C@@H](C1CCCCC1)N1Cc2cc(Oc3ccccc3)ccc2N=C1N)C1CCCCC1. The highest BCUT2D eigenvalue weighted by Crippen LogP contribution is 2.37. The fourth-order valence-electron chi connectivity index (χ4n) is 7.34. The van der Waals surface area contributed by atoms with Gasteiger partial charge < -0.3 is 20.3 Å². The van der Waals surface area contributed by atoms with Gasteiger partial charge in [0.25, 0.3) is 0 Å². The second-order valence-corrected chi connectivity index (χ2v) is 12.6. The molecule has 1 aromatic heterocycles. The fraction of sp³-hybridized carbons (Fsp3) is 0.514. The summed E-state index contributed by atoms with van der Waals surface area (Å²) in [7, 11) is 0. The van der Waals surface area contributed by atoms with Crippen LogP contribution in [0.1, 0.15) is 93.9 Å². The molecule has 228 valence electrons. The number of aromatic nitrogens is 2. The number of benzene rings is 2. The van der Waals surface area contributed by atoms with Gasteiger partial charge in [-0.3, -0.25) is 9.89 Å². The van der Waals surface area contributed by atoms with Gasteiger partial charge in [0.05, 0.1) is 11.9 Å². The molecule has 6 rings (SSSR count). The second kappa shape index (κ2) is 13.7. The van der Waals surface area contributed by atoms with Gasteiger partial charge in [-0.25, -0.2) is 4.99 Å². The summed E-state index contributed by atoms with van der Waals surface area (Å²) < 4.78 is 6.14. The van der Waals surface area contributed by atoms with Crippen molar-refractivity contribution in [2.45, 2.75) is 109 Å². The highest BCUT2D eigenvalue weighted by Gasteiger charge is 2.34. The van der Waals surface area contributed by atoms with Crippen LogP contribution in [0.5, 0.6) is 11.5 Å². The highest BCUT2D eigenvalue weighted by molar-refractivity contribution is 5.84. The molecule has 3 aliphatic rings. The zero-order chi connectivity index (χ0) is 29.6. The molecule has 8 heteroatoms. The molecule has 1 amide bonds. The maximum absolute atomic E-state index is 14.0. The third-order valence-corrected chi connectivity index (χ3v) is 9.76. The Labute approximate surface area is 255 Å².